The second-order valence-corrected chi connectivity index (χ2v) is 21.8. The maximum atomic E-state index is 13.1. The Hall–Kier alpha value is -1.59. The van der Waals surface area contributed by atoms with Crippen LogP contribution in [0.2, 0.25) is 0 Å². The van der Waals surface area contributed by atoms with Crippen molar-refractivity contribution >= 4 is 5.91 Å². The molecule has 1 aliphatic rings. The van der Waals surface area contributed by atoms with E-state index < -0.39 is 49.5 Å². The number of aliphatic hydroxyl groups excluding tert-OH is 5. The number of amides is 1. The number of aliphatic hydroxyl groups is 5. The molecule has 0 aliphatic carbocycles. The minimum absolute atomic E-state index is 0.184. The second kappa shape index (κ2) is 52.8. The van der Waals surface area contributed by atoms with Gasteiger partial charge in [-0.05, 0) is 57.8 Å². The molecule has 1 rings (SSSR count). The van der Waals surface area contributed by atoms with Crippen molar-refractivity contribution in [1.29, 1.82) is 0 Å². The number of rotatable bonds is 54. The van der Waals surface area contributed by atoms with E-state index in [2.05, 4.69) is 43.5 Å². The highest BCUT2D eigenvalue weighted by Crippen LogP contribution is 2.23. The fourth-order valence-corrected chi connectivity index (χ4v) is 9.99. The van der Waals surface area contributed by atoms with Crippen LogP contribution in [0.4, 0.5) is 0 Å². The van der Waals surface area contributed by atoms with Gasteiger partial charge in [0, 0.05) is 6.42 Å². The number of unbranched alkanes of at least 4 members (excludes halogenated alkanes) is 40. The Kier molecular flexibility index (Phi) is 50.2. The first-order valence-corrected chi connectivity index (χ1v) is 31.2. The van der Waals surface area contributed by atoms with Gasteiger partial charge in [0.2, 0.25) is 5.91 Å². The summed E-state index contributed by atoms with van der Waals surface area (Å²) in [7, 11) is 0. The van der Waals surface area contributed by atoms with E-state index in [4.69, 9.17) is 9.47 Å². The zero-order chi connectivity index (χ0) is 52.2. The van der Waals surface area contributed by atoms with Crippen LogP contribution in [0.1, 0.15) is 303 Å². The summed E-state index contributed by atoms with van der Waals surface area (Å²) in [6, 6.07) is -0.822. The fourth-order valence-electron chi connectivity index (χ4n) is 9.99. The lowest BCUT2D eigenvalue weighted by atomic mass is 9.99. The molecule has 9 heteroatoms. The Morgan fingerprint density at radius 2 is 0.792 bits per heavy atom. The molecule has 1 heterocycles. The van der Waals surface area contributed by atoms with Crippen molar-refractivity contribution < 1.29 is 39.8 Å². The summed E-state index contributed by atoms with van der Waals surface area (Å²) in [6.07, 6.45) is 62.3. The molecule has 0 aromatic heterocycles. The van der Waals surface area contributed by atoms with E-state index >= 15 is 0 Å². The quantitative estimate of drug-likeness (QED) is 0.0261. The average Bonchev–Trinajstić information content (AvgIpc) is 3.38. The molecule has 1 saturated heterocycles. The topological polar surface area (TPSA) is 149 Å². The highest BCUT2D eigenvalue weighted by atomic mass is 16.7. The van der Waals surface area contributed by atoms with E-state index in [-0.39, 0.29) is 12.5 Å². The molecular formula is C63H119NO8. The summed E-state index contributed by atoms with van der Waals surface area (Å²) in [6.45, 7) is 3.80. The SMILES string of the molecule is CCCCCCCCCC/C=C\CCCCCCCCCCCCCC(=O)NC(COC1OC(CO)C(O)C(O)C1O)C(O)/C=C/CC/C=C/CCCCCCCCCCCCCCCCCCCCCC. The zero-order valence-electron chi connectivity index (χ0n) is 47.2. The maximum Gasteiger partial charge on any atom is 0.220 e. The third-order valence-corrected chi connectivity index (χ3v) is 14.9. The number of hydrogen-bond acceptors (Lipinski definition) is 8. The lowest BCUT2D eigenvalue weighted by Crippen LogP contribution is -2.60. The molecule has 1 fully saturated rings. The first-order chi connectivity index (χ1) is 35.3. The van der Waals surface area contributed by atoms with Gasteiger partial charge in [0.25, 0.3) is 0 Å². The van der Waals surface area contributed by atoms with Gasteiger partial charge >= 0.3 is 0 Å². The molecule has 0 saturated carbocycles. The van der Waals surface area contributed by atoms with Crippen LogP contribution < -0.4 is 5.32 Å². The first kappa shape index (κ1) is 68.4. The predicted octanol–water partition coefficient (Wildman–Crippen LogP) is 15.9. The van der Waals surface area contributed by atoms with Gasteiger partial charge in [0.15, 0.2) is 6.29 Å². The molecule has 424 valence electrons. The van der Waals surface area contributed by atoms with Crippen molar-refractivity contribution in [2.75, 3.05) is 13.2 Å². The number of nitrogens with one attached hydrogen (secondary N) is 1. The van der Waals surface area contributed by atoms with E-state index in [1.165, 1.54) is 244 Å². The molecule has 0 aromatic rings. The van der Waals surface area contributed by atoms with Gasteiger partial charge in [-0.15, -0.1) is 0 Å². The fraction of sp³-hybridized carbons (Fsp3) is 0.889. The normalized spacial score (nSPS) is 19.3. The van der Waals surface area contributed by atoms with Crippen LogP contribution in [0.3, 0.4) is 0 Å². The van der Waals surface area contributed by atoms with Crippen LogP contribution in [0, 0.1) is 0 Å². The molecule has 1 amide bonds. The smallest absolute Gasteiger partial charge is 0.220 e. The van der Waals surface area contributed by atoms with E-state index in [1.54, 1.807) is 6.08 Å². The Morgan fingerprint density at radius 3 is 1.17 bits per heavy atom. The van der Waals surface area contributed by atoms with Crippen LogP contribution >= 0.6 is 0 Å². The number of carbonyl (C=O) groups excluding carboxylic acids is 1. The van der Waals surface area contributed by atoms with Crippen LogP contribution in [0.5, 0.6) is 0 Å². The van der Waals surface area contributed by atoms with Gasteiger partial charge < -0.3 is 40.3 Å². The first-order valence-electron chi connectivity index (χ1n) is 31.2. The molecular weight excluding hydrogens is 899 g/mol. The standard InChI is InChI=1S/C63H119NO8/c1-3-5-7-9-11-13-15-17-19-21-23-25-27-28-29-31-32-34-36-38-40-42-44-46-48-50-52-57(66)56(55-71-63-62(70)61(69)60(68)58(54-65)72-63)64-59(67)53-51-49-47-45-43-41-39-37-35-33-30-26-24-22-20-18-16-14-12-10-8-6-4-2/h22,24,42,44,50,52,56-58,60-63,65-66,68-70H,3-21,23,25-41,43,45-49,51,53-55H2,1-2H3,(H,64,67)/b24-22-,44-42+,52-50+. The van der Waals surface area contributed by atoms with Gasteiger partial charge in [-0.2, -0.15) is 0 Å². The Morgan fingerprint density at radius 1 is 0.458 bits per heavy atom. The molecule has 7 unspecified atom stereocenters. The van der Waals surface area contributed by atoms with Crippen LogP contribution in [-0.4, -0.2) is 87.5 Å². The molecule has 1 aliphatic heterocycles. The average molecular weight is 1020 g/mol. The summed E-state index contributed by atoms with van der Waals surface area (Å²) in [5.74, 6) is -0.184. The van der Waals surface area contributed by atoms with E-state index in [9.17, 15) is 30.3 Å². The third-order valence-electron chi connectivity index (χ3n) is 14.9. The number of hydrogen-bond donors (Lipinski definition) is 6. The van der Waals surface area contributed by atoms with Gasteiger partial charge in [-0.25, -0.2) is 0 Å². The minimum atomic E-state index is -1.57. The molecule has 9 nitrogen and oxygen atoms in total. The molecule has 0 radical (unpaired) electrons. The zero-order valence-corrected chi connectivity index (χ0v) is 47.2. The minimum Gasteiger partial charge on any atom is -0.394 e. The Bertz CT molecular complexity index is 1230. The lowest BCUT2D eigenvalue weighted by molar-refractivity contribution is -0.302. The van der Waals surface area contributed by atoms with Crippen molar-refractivity contribution in [1.82, 2.24) is 5.32 Å². The lowest BCUT2D eigenvalue weighted by Gasteiger charge is -2.40. The monoisotopic (exact) mass is 1020 g/mol. The summed E-state index contributed by atoms with van der Waals surface area (Å²) in [5.41, 5.74) is 0. The molecule has 0 spiro atoms. The van der Waals surface area contributed by atoms with Crippen molar-refractivity contribution in [3.63, 3.8) is 0 Å². The summed E-state index contributed by atoms with van der Waals surface area (Å²) in [5, 5.41) is 54.6. The molecule has 0 bridgehead atoms. The summed E-state index contributed by atoms with van der Waals surface area (Å²) < 4.78 is 11.3. The summed E-state index contributed by atoms with van der Waals surface area (Å²) in [4.78, 5) is 13.1. The van der Waals surface area contributed by atoms with Gasteiger partial charge in [0.05, 0.1) is 25.4 Å². The number of ether oxygens (including phenoxy) is 2. The van der Waals surface area contributed by atoms with Gasteiger partial charge in [-0.1, -0.05) is 275 Å². The van der Waals surface area contributed by atoms with Crippen molar-refractivity contribution in [2.24, 2.45) is 0 Å². The van der Waals surface area contributed by atoms with Crippen molar-refractivity contribution in [3.05, 3.63) is 36.5 Å². The second-order valence-electron chi connectivity index (χ2n) is 21.8. The highest BCUT2D eigenvalue weighted by molar-refractivity contribution is 5.76. The number of carbonyl (C=O) groups is 1. The summed E-state index contributed by atoms with van der Waals surface area (Å²) >= 11 is 0. The molecule has 0 aromatic carbocycles. The van der Waals surface area contributed by atoms with E-state index in [0.29, 0.717) is 6.42 Å². The van der Waals surface area contributed by atoms with Crippen LogP contribution in [-0.2, 0) is 14.3 Å². The Labute approximate surface area is 444 Å². The van der Waals surface area contributed by atoms with E-state index in [0.717, 1.165) is 38.5 Å². The molecule has 6 N–H and O–H groups in total. The van der Waals surface area contributed by atoms with E-state index in [1.807, 2.05) is 6.08 Å². The van der Waals surface area contributed by atoms with Gasteiger partial charge in [-0.3, -0.25) is 4.79 Å². The van der Waals surface area contributed by atoms with Crippen LogP contribution in [0.25, 0.3) is 0 Å². The molecule has 72 heavy (non-hydrogen) atoms. The largest absolute Gasteiger partial charge is 0.394 e. The van der Waals surface area contributed by atoms with Crippen molar-refractivity contribution in [3.8, 4) is 0 Å². The highest BCUT2D eigenvalue weighted by Gasteiger charge is 2.44. The van der Waals surface area contributed by atoms with Crippen molar-refractivity contribution in [2.45, 2.75) is 346 Å². The van der Waals surface area contributed by atoms with Crippen LogP contribution in [0.15, 0.2) is 36.5 Å². The van der Waals surface area contributed by atoms with Gasteiger partial charge in [0.1, 0.15) is 24.4 Å². The third kappa shape index (κ3) is 41.6. The molecule has 7 atom stereocenters. The Balaban J connectivity index is 2.21. The maximum absolute atomic E-state index is 13.1. The predicted molar refractivity (Wildman–Crippen MR) is 304 cm³/mol. The number of allylic oxidation sites excluding steroid dienone is 5.